The highest BCUT2D eigenvalue weighted by Gasteiger charge is 2.32. The summed E-state index contributed by atoms with van der Waals surface area (Å²) in [4.78, 5) is 16.3. The van der Waals surface area contributed by atoms with Crippen molar-refractivity contribution in [2.24, 2.45) is 5.73 Å². The van der Waals surface area contributed by atoms with E-state index in [-0.39, 0.29) is 18.2 Å². The van der Waals surface area contributed by atoms with Crippen LogP contribution in [0.2, 0.25) is 0 Å². The van der Waals surface area contributed by atoms with Crippen molar-refractivity contribution in [3.05, 3.63) is 29.8 Å². The zero-order valence-corrected chi connectivity index (χ0v) is 16.0. The number of methoxy groups -OCH3 is 1. The molecule has 1 fully saturated rings. The molecule has 2 rings (SSSR count). The lowest BCUT2D eigenvalue weighted by Crippen LogP contribution is -2.53. The molecule has 6 nitrogen and oxygen atoms in total. The van der Waals surface area contributed by atoms with Crippen molar-refractivity contribution in [2.75, 3.05) is 33.3 Å². The summed E-state index contributed by atoms with van der Waals surface area (Å²) in [5, 5.41) is 0. The largest absolute Gasteiger partial charge is 0.496 e. The molecular formula is C19H31N3O3. The molecule has 2 N–H and O–H groups in total. The summed E-state index contributed by atoms with van der Waals surface area (Å²) in [6.45, 7) is 10.4. The second kappa shape index (κ2) is 8.06. The van der Waals surface area contributed by atoms with E-state index in [2.05, 4.69) is 11.0 Å². The van der Waals surface area contributed by atoms with Crippen LogP contribution in [0.4, 0.5) is 4.79 Å². The van der Waals surface area contributed by atoms with Gasteiger partial charge in [0, 0.05) is 37.8 Å². The molecule has 1 saturated heterocycles. The van der Waals surface area contributed by atoms with Crippen LogP contribution in [0.15, 0.2) is 24.3 Å². The smallest absolute Gasteiger partial charge is 0.410 e. The Morgan fingerprint density at radius 2 is 1.76 bits per heavy atom. The van der Waals surface area contributed by atoms with E-state index in [1.54, 1.807) is 12.0 Å². The van der Waals surface area contributed by atoms with E-state index in [0.717, 1.165) is 24.4 Å². The van der Waals surface area contributed by atoms with Crippen LogP contribution in [0.3, 0.4) is 0 Å². The monoisotopic (exact) mass is 349 g/mol. The average Bonchev–Trinajstić information content (AvgIpc) is 2.54. The molecule has 25 heavy (non-hydrogen) atoms. The first-order chi connectivity index (χ1) is 11.7. The molecule has 140 valence electrons. The molecule has 0 radical (unpaired) electrons. The number of piperazine rings is 1. The molecule has 0 spiro atoms. The van der Waals surface area contributed by atoms with Gasteiger partial charge in [-0.1, -0.05) is 18.2 Å². The number of benzene rings is 1. The third kappa shape index (κ3) is 5.09. The molecule has 0 saturated carbocycles. The topological polar surface area (TPSA) is 68.0 Å². The molecular weight excluding hydrogens is 318 g/mol. The van der Waals surface area contributed by atoms with Crippen molar-refractivity contribution in [3.8, 4) is 5.75 Å². The number of carbonyl (C=O) groups excluding carboxylic acids is 1. The van der Waals surface area contributed by atoms with Crippen LogP contribution in [0.1, 0.15) is 39.3 Å². The zero-order valence-electron chi connectivity index (χ0n) is 16.0. The molecule has 2 unspecified atom stereocenters. The van der Waals surface area contributed by atoms with Crippen LogP contribution in [-0.4, -0.2) is 60.8 Å². The molecule has 0 bridgehead atoms. The Labute approximate surface area is 150 Å². The predicted molar refractivity (Wildman–Crippen MR) is 98.8 cm³/mol. The zero-order chi connectivity index (χ0) is 18.6. The lowest BCUT2D eigenvalue weighted by molar-refractivity contribution is 0.00900. The van der Waals surface area contributed by atoms with Crippen molar-refractivity contribution in [1.29, 1.82) is 0 Å². The maximum absolute atomic E-state index is 12.2. The predicted octanol–water partition coefficient (Wildman–Crippen LogP) is 2.64. The third-order valence-electron chi connectivity index (χ3n) is 4.31. The summed E-state index contributed by atoms with van der Waals surface area (Å²) in [6.07, 6.45) is -0.248. The van der Waals surface area contributed by atoms with Crippen LogP contribution in [0, 0.1) is 0 Å². The minimum absolute atomic E-state index is 0.0515. The van der Waals surface area contributed by atoms with E-state index >= 15 is 0 Å². The van der Waals surface area contributed by atoms with Gasteiger partial charge in [-0.15, -0.1) is 0 Å². The van der Waals surface area contributed by atoms with Gasteiger partial charge >= 0.3 is 6.09 Å². The van der Waals surface area contributed by atoms with Crippen LogP contribution in [0.5, 0.6) is 5.75 Å². The number of para-hydroxylation sites is 1. The van der Waals surface area contributed by atoms with Crippen molar-refractivity contribution in [2.45, 2.75) is 45.4 Å². The maximum Gasteiger partial charge on any atom is 0.410 e. The summed E-state index contributed by atoms with van der Waals surface area (Å²) in [6, 6.07) is 7.99. The first kappa shape index (κ1) is 19.5. The second-order valence-corrected chi connectivity index (χ2v) is 7.55. The average molecular weight is 349 g/mol. The van der Waals surface area contributed by atoms with E-state index in [1.165, 1.54) is 0 Å². The molecule has 0 aliphatic carbocycles. The number of amides is 1. The quantitative estimate of drug-likeness (QED) is 0.905. The van der Waals surface area contributed by atoms with Crippen molar-refractivity contribution >= 4 is 6.09 Å². The highest BCUT2D eigenvalue weighted by molar-refractivity contribution is 5.68. The van der Waals surface area contributed by atoms with Crippen LogP contribution >= 0.6 is 0 Å². The van der Waals surface area contributed by atoms with Crippen LogP contribution in [0.25, 0.3) is 0 Å². The number of nitrogens with two attached hydrogens (primary N) is 1. The van der Waals surface area contributed by atoms with Gasteiger partial charge in [0.25, 0.3) is 0 Å². The van der Waals surface area contributed by atoms with Gasteiger partial charge in [-0.25, -0.2) is 4.79 Å². The Balaban J connectivity index is 2.07. The van der Waals surface area contributed by atoms with Crippen LogP contribution < -0.4 is 10.5 Å². The van der Waals surface area contributed by atoms with Gasteiger partial charge in [-0.3, -0.25) is 4.90 Å². The molecule has 6 heteroatoms. The van der Waals surface area contributed by atoms with Crippen LogP contribution in [-0.2, 0) is 4.74 Å². The van der Waals surface area contributed by atoms with E-state index in [1.807, 2.05) is 45.9 Å². The fraction of sp³-hybridized carbons (Fsp3) is 0.632. The van der Waals surface area contributed by atoms with Gasteiger partial charge in [-0.05, 0) is 33.8 Å². The van der Waals surface area contributed by atoms with Crippen molar-refractivity contribution in [3.63, 3.8) is 0 Å². The minimum atomic E-state index is -0.472. The fourth-order valence-corrected chi connectivity index (χ4v) is 3.23. The standard InChI is InChI=1S/C19H31N3O3/c1-14(20)17(15-8-6-7-9-16(15)24-5)21-10-12-22(13-11-21)18(23)25-19(2,3)4/h6-9,14,17H,10-13,20H2,1-5H3. The molecule has 1 aromatic carbocycles. The first-order valence-corrected chi connectivity index (χ1v) is 8.83. The molecule has 2 atom stereocenters. The van der Waals surface area contributed by atoms with Gasteiger partial charge in [0.1, 0.15) is 11.4 Å². The minimum Gasteiger partial charge on any atom is -0.496 e. The molecule has 1 aliphatic heterocycles. The van der Waals surface area contributed by atoms with Gasteiger partial charge < -0.3 is 20.1 Å². The maximum atomic E-state index is 12.2. The van der Waals surface area contributed by atoms with Crippen molar-refractivity contribution < 1.29 is 14.3 Å². The lowest BCUT2D eigenvalue weighted by Gasteiger charge is -2.41. The highest BCUT2D eigenvalue weighted by Crippen LogP contribution is 2.32. The number of ether oxygens (including phenoxy) is 2. The summed E-state index contributed by atoms with van der Waals surface area (Å²) < 4.78 is 11.0. The third-order valence-corrected chi connectivity index (χ3v) is 4.31. The molecule has 1 aromatic rings. The normalized spacial score (nSPS) is 18.6. The van der Waals surface area contributed by atoms with Gasteiger partial charge in [0.05, 0.1) is 13.2 Å². The number of hydrogen-bond acceptors (Lipinski definition) is 5. The lowest BCUT2D eigenvalue weighted by atomic mass is 9.97. The summed E-state index contributed by atoms with van der Waals surface area (Å²) >= 11 is 0. The molecule has 1 heterocycles. The summed E-state index contributed by atoms with van der Waals surface area (Å²) in [7, 11) is 1.68. The molecule has 1 aliphatic rings. The Bertz CT molecular complexity index is 576. The number of hydrogen-bond donors (Lipinski definition) is 1. The number of nitrogens with zero attached hydrogens (tertiary/aromatic N) is 2. The fourth-order valence-electron chi connectivity index (χ4n) is 3.23. The van der Waals surface area contributed by atoms with Crippen molar-refractivity contribution in [1.82, 2.24) is 9.80 Å². The molecule has 1 amide bonds. The Kier molecular flexibility index (Phi) is 6.30. The van der Waals surface area contributed by atoms with E-state index in [0.29, 0.717) is 13.1 Å². The Hall–Kier alpha value is -1.79. The van der Waals surface area contributed by atoms with Gasteiger partial charge in [0.2, 0.25) is 0 Å². The second-order valence-electron chi connectivity index (χ2n) is 7.55. The summed E-state index contributed by atoms with van der Waals surface area (Å²) in [5.74, 6) is 0.847. The van der Waals surface area contributed by atoms with E-state index in [9.17, 15) is 4.79 Å². The van der Waals surface area contributed by atoms with Gasteiger partial charge in [0.15, 0.2) is 0 Å². The summed E-state index contributed by atoms with van der Waals surface area (Å²) in [5.41, 5.74) is 6.91. The number of rotatable bonds is 4. The van der Waals surface area contributed by atoms with E-state index in [4.69, 9.17) is 15.2 Å². The number of carbonyl (C=O) groups is 1. The Morgan fingerprint density at radius 1 is 1.16 bits per heavy atom. The van der Waals surface area contributed by atoms with Gasteiger partial charge in [-0.2, -0.15) is 0 Å². The highest BCUT2D eigenvalue weighted by atomic mass is 16.6. The van der Waals surface area contributed by atoms with E-state index < -0.39 is 5.60 Å². The SMILES string of the molecule is COc1ccccc1C(C(C)N)N1CCN(C(=O)OC(C)(C)C)CC1. The molecule has 0 aromatic heterocycles. The Morgan fingerprint density at radius 3 is 2.28 bits per heavy atom. The first-order valence-electron chi connectivity index (χ1n) is 8.83.